The molecule has 124 valence electrons. The molecule has 3 rings (SSSR count). The minimum Gasteiger partial charge on any atom is -0.479 e. The lowest BCUT2D eigenvalue weighted by atomic mass is 9.92. The molecule has 0 saturated carbocycles. The summed E-state index contributed by atoms with van der Waals surface area (Å²) in [6, 6.07) is 6.01. The van der Waals surface area contributed by atoms with E-state index in [2.05, 4.69) is 0 Å². The highest BCUT2D eigenvalue weighted by molar-refractivity contribution is 7.92. The zero-order chi connectivity index (χ0) is 16.6. The fraction of sp³-hybridized carbons (Fsp3) is 0.500. The van der Waals surface area contributed by atoms with Gasteiger partial charge in [-0.25, -0.2) is 13.2 Å². The van der Waals surface area contributed by atoms with E-state index in [0.29, 0.717) is 24.8 Å². The van der Waals surface area contributed by atoms with E-state index in [9.17, 15) is 23.1 Å². The monoisotopic (exact) mass is 337 g/mol. The Morgan fingerprint density at radius 3 is 2.61 bits per heavy atom. The Morgan fingerprint density at radius 1 is 1.17 bits per heavy atom. The van der Waals surface area contributed by atoms with Gasteiger partial charge in [0, 0.05) is 6.54 Å². The van der Waals surface area contributed by atoms with Gasteiger partial charge in [-0.3, -0.25) is 4.79 Å². The van der Waals surface area contributed by atoms with Crippen LogP contribution >= 0.6 is 0 Å². The van der Waals surface area contributed by atoms with Crippen molar-refractivity contribution in [3.8, 4) is 0 Å². The van der Waals surface area contributed by atoms with Crippen LogP contribution in [0.5, 0.6) is 0 Å². The number of carboxylic acid groups (broad SMARTS) is 1. The number of carbonyl (C=O) groups is 2. The number of aliphatic carboxylic acids is 1. The number of hydrogen-bond donors (Lipinski definition) is 1. The molecule has 2 aliphatic heterocycles. The fourth-order valence-corrected chi connectivity index (χ4v) is 5.35. The van der Waals surface area contributed by atoms with Gasteiger partial charge in [0.15, 0.2) is 15.9 Å². The standard InChI is InChI=1S/C16H19NO5S/c18-15(13-7-3-4-10-23(13,21)22)17-9-8-11-5-1-2-6-12(11)14(17)16(19)20/h1-2,5-6,13-14H,3-4,7-10H2,(H,19,20). The highest BCUT2D eigenvalue weighted by Gasteiger charge is 2.43. The molecular weight excluding hydrogens is 318 g/mol. The summed E-state index contributed by atoms with van der Waals surface area (Å²) >= 11 is 0. The van der Waals surface area contributed by atoms with Crippen molar-refractivity contribution in [3.63, 3.8) is 0 Å². The topological polar surface area (TPSA) is 91.8 Å². The SMILES string of the molecule is O=C(O)C1c2ccccc2CCN1C(=O)C1CCCCS1(=O)=O. The summed E-state index contributed by atoms with van der Waals surface area (Å²) < 4.78 is 24.4. The maximum atomic E-state index is 12.8. The van der Waals surface area contributed by atoms with Gasteiger partial charge in [-0.05, 0) is 30.4 Å². The van der Waals surface area contributed by atoms with Crippen LogP contribution in [-0.2, 0) is 25.8 Å². The maximum Gasteiger partial charge on any atom is 0.331 e. The smallest absolute Gasteiger partial charge is 0.331 e. The molecule has 0 radical (unpaired) electrons. The second-order valence-corrected chi connectivity index (χ2v) is 8.38. The predicted octanol–water partition coefficient (Wildman–Crippen LogP) is 1.16. The van der Waals surface area contributed by atoms with Gasteiger partial charge in [-0.2, -0.15) is 0 Å². The molecule has 2 aliphatic rings. The van der Waals surface area contributed by atoms with Crippen molar-refractivity contribution in [2.24, 2.45) is 0 Å². The van der Waals surface area contributed by atoms with Crippen LogP contribution in [0.2, 0.25) is 0 Å². The van der Waals surface area contributed by atoms with Crippen LogP contribution in [0.15, 0.2) is 24.3 Å². The molecule has 1 aromatic carbocycles. The molecule has 1 saturated heterocycles. The first kappa shape index (κ1) is 16.0. The number of benzene rings is 1. The molecule has 23 heavy (non-hydrogen) atoms. The number of carbonyl (C=O) groups excluding carboxylic acids is 1. The van der Waals surface area contributed by atoms with E-state index in [1.165, 1.54) is 4.90 Å². The lowest BCUT2D eigenvalue weighted by Crippen LogP contribution is -2.50. The van der Waals surface area contributed by atoms with Crippen LogP contribution in [0.3, 0.4) is 0 Å². The highest BCUT2D eigenvalue weighted by Crippen LogP contribution is 2.32. The zero-order valence-electron chi connectivity index (χ0n) is 12.6. The summed E-state index contributed by atoms with van der Waals surface area (Å²) in [5.41, 5.74) is 1.48. The Labute approximate surface area is 135 Å². The summed E-state index contributed by atoms with van der Waals surface area (Å²) in [6.45, 7) is 0.235. The van der Waals surface area contributed by atoms with E-state index < -0.39 is 33.0 Å². The Balaban J connectivity index is 1.96. The van der Waals surface area contributed by atoms with Gasteiger partial charge in [0.2, 0.25) is 5.91 Å². The number of fused-ring (bicyclic) bond motifs is 1. The Bertz CT molecular complexity index is 743. The minimum atomic E-state index is -3.48. The van der Waals surface area contributed by atoms with Crippen molar-refractivity contribution in [1.29, 1.82) is 0 Å². The van der Waals surface area contributed by atoms with E-state index in [0.717, 1.165) is 5.56 Å². The molecule has 1 N–H and O–H groups in total. The molecule has 0 aliphatic carbocycles. The van der Waals surface area contributed by atoms with E-state index in [4.69, 9.17) is 0 Å². The van der Waals surface area contributed by atoms with Crippen molar-refractivity contribution in [2.45, 2.75) is 37.0 Å². The lowest BCUT2D eigenvalue weighted by Gasteiger charge is -2.37. The third-order valence-electron chi connectivity index (χ3n) is 4.65. The zero-order valence-corrected chi connectivity index (χ0v) is 13.5. The summed E-state index contributed by atoms with van der Waals surface area (Å²) in [6.07, 6.45) is 2.07. The van der Waals surface area contributed by atoms with Crippen molar-refractivity contribution >= 4 is 21.7 Å². The van der Waals surface area contributed by atoms with Crippen LogP contribution in [0.1, 0.15) is 36.4 Å². The number of sulfone groups is 1. The first-order chi connectivity index (χ1) is 10.9. The van der Waals surface area contributed by atoms with Gasteiger partial charge in [-0.15, -0.1) is 0 Å². The average molecular weight is 337 g/mol. The average Bonchev–Trinajstić information content (AvgIpc) is 2.52. The Morgan fingerprint density at radius 2 is 1.91 bits per heavy atom. The molecule has 2 heterocycles. The lowest BCUT2D eigenvalue weighted by molar-refractivity contribution is -0.151. The third kappa shape index (κ3) is 2.85. The van der Waals surface area contributed by atoms with Gasteiger partial charge in [0.1, 0.15) is 5.25 Å². The number of hydrogen-bond acceptors (Lipinski definition) is 4. The van der Waals surface area contributed by atoms with Crippen LogP contribution in [-0.4, -0.2) is 47.8 Å². The first-order valence-corrected chi connectivity index (χ1v) is 9.46. The molecule has 2 unspecified atom stereocenters. The second kappa shape index (κ2) is 5.96. The number of amides is 1. The van der Waals surface area contributed by atoms with E-state index in [1.54, 1.807) is 12.1 Å². The summed E-state index contributed by atoms with van der Waals surface area (Å²) in [5, 5.41) is 8.50. The van der Waals surface area contributed by atoms with Gasteiger partial charge >= 0.3 is 5.97 Å². The number of carboxylic acids is 1. The summed E-state index contributed by atoms with van der Waals surface area (Å²) in [7, 11) is -3.48. The largest absolute Gasteiger partial charge is 0.479 e. The van der Waals surface area contributed by atoms with Gasteiger partial charge in [0.05, 0.1) is 5.75 Å². The van der Waals surface area contributed by atoms with Crippen LogP contribution in [0.4, 0.5) is 0 Å². The molecular formula is C16H19NO5S. The van der Waals surface area contributed by atoms with Crippen molar-refractivity contribution < 1.29 is 23.1 Å². The first-order valence-electron chi connectivity index (χ1n) is 7.74. The molecule has 6 nitrogen and oxygen atoms in total. The molecule has 1 fully saturated rings. The Kier molecular flexibility index (Phi) is 4.14. The van der Waals surface area contributed by atoms with Gasteiger partial charge < -0.3 is 10.0 Å². The molecule has 2 atom stereocenters. The van der Waals surface area contributed by atoms with Crippen molar-refractivity contribution in [3.05, 3.63) is 35.4 Å². The quantitative estimate of drug-likeness (QED) is 0.874. The maximum absolute atomic E-state index is 12.8. The van der Waals surface area contributed by atoms with Gasteiger partial charge in [0.25, 0.3) is 0 Å². The fourth-order valence-electron chi connectivity index (χ4n) is 3.49. The third-order valence-corrected chi connectivity index (χ3v) is 6.82. The number of rotatable bonds is 2. The Hall–Kier alpha value is -1.89. The molecule has 0 bridgehead atoms. The van der Waals surface area contributed by atoms with E-state index in [1.807, 2.05) is 12.1 Å². The van der Waals surface area contributed by atoms with Crippen LogP contribution in [0.25, 0.3) is 0 Å². The van der Waals surface area contributed by atoms with E-state index >= 15 is 0 Å². The summed E-state index contributed by atoms with van der Waals surface area (Å²) in [4.78, 5) is 25.7. The van der Waals surface area contributed by atoms with Crippen molar-refractivity contribution in [2.75, 3.05) is 12.3 Å². The number of nitrogens with zero attached hydrogens (tertiary/aromatic N) is 1. The molecule has 1 amide bonds. The minimum absolute atomic E-state index is 0.00553. The molecule has 0 spiro atoms. The molecule has 0 aromatic heterocycles. The van der Waals surface area contributed by atoms with Crippen molar-refractivity contribution in [1.82, 2.24) is 4.90 Å². The predicted molar refractivity (Wildman–Crippen MR) is 83.7 cm³/mol. The second-order valence-electron chi connectivity index (χ2n) is 6.07. The summed E-state index contributed by atoms with van der Waals surface area (Å²) in [5.74, 6) is -1.68. The molecule has 1 aromatic rings. The molecule has 7 heteroatoms. The van der Waals surface area contributed by atoms with E-state index in [-0.39, 0.29) is 18.7 Å². The normalized spacial score (nSPS) is 26.3. The van der Waals surface area contributed by atoms with Gasteiger partial charge in [-0.1, -0.05) is 30.7 Å². The van der Waals surface area contributed by atoms with Crippen LogP contribution in [0, 0.1) is 0 Å². The van der Waals surface area contributed by atoms with Crippen LogP contribution < -0.4 is 0 Å². The highest BCUT2D eigenvalue weighted by atomic mass is 32.2.